The molecule has 116 valence electrons. The highest BCUT2D eigenvalue weighted by molar-refractivity contribution is 5.64. The van der Waals surface area contributed by atoms with Gasteiger partial charge in [-0.2, -0.15) is 0 Å². The number of anilines is 1. The lowest BCUT2D eigenvalue weighted by molar-refractivity contribution is 0.221. The van der Waals surface area contributed by atoms with E-state index in [2.05, 4.69) is 9.97 Å². The summed E-state index contributed by atoms with van der Waals surface area (Å²) < 4.78 is 20.1. The first-order valence-corrected chi connectivity index (χ1v) is 7.23. The third-order valence-corrected chi connectivity index (χ3v) is 3.45. The summed E-state index contributed by atoms with van der Waals surface area (Å²) in [5, 5.41) is 0. The second kappa shape index (κ2) is 6.44. The van der Waals surface area contributed by atoms with E-state index in [1.807, 2.05) is 37.3 Å². The molecule has 0 radical (unpaired) electrons. The van der Waals surface area contributed by atoms with Crippen LogP contribution in [0.4, 0.5) is 10.3 Å². The van der Waals surface area contributed by atoms with Crippen LogP contribution in [0.15, 0.2) is 60.8 Å². The zero-order valence-electron chi connectivity index (χ0n) is 12.6. The number of hydrogen-bond acceptors (Lipinski definition) is 4. The van der Waals surface area contributed by atoms with Gasteiger partial charge in [0.05, 0.1) is 5.69 Å². The lowest BCUT2D eigenvalue weighted by atomic mass is 10.1. The number of rotatable bonds is 4. The van der Waals surface area contributed by atoms with Crippen molar-refractivity contribution in [2.75, 3.05) is 5.73 Å². The highest BCUT2D eigenvalue weighted by Gasteiger charge is 2.12. The van der Waals surface area contributed by atoms with Crippen molar-refractivity contribution in [1.29, 1.82) is 0 Å². The van der Waals surface area contributed by atoms with Gasteiger partial charge in [0.15, 0.2) is 0 Å². The van der Waals surface area contributed by atoms with Crippen LogP contribution < -0.4 is 10.5 Å². The van der Waals surface area contributed by atoms with Crippen molar-refractivity contribution in [1.82, 2.24) is 9.97 Å². The quantitative estimate of drug-likeness (QED) is 0.791. The molecule has 0 amide bonds. The summed E-state index contributed by atoms with van der Waals surface area (Å²) in [5.74, 6) is 0.290. The fourth-order valence-electron chi connectivity index (χ4n) is 2.30. The number of aromatic nitrogens is 2. The minimum atomic E-state index is -0.359. The van der Waals surface area contributed by atoms with E-state index in [1.54, 1.807) is 24.4 Å². The van der Waals surface area contributed by atoms with Gasteiger partial charge in [0.1, 0.15) is 17.7 Å². The SMILES string of the molecule is C[C@@H](Oc1ccc(-c2ccccc2)c(F)c1)c1ccnc(N)n1. The molecule has 23 heavy (non-hydrogen) atoms. The summed E-state index contributed by atoms with van der Waals surface area (Å²) in [6.07, 6.45) is 1.21. The van der Waals surface area contributed by atoms with Crippen molar-refractivity contribution in [2.45, 2.75) is 13.0 Å². The van der Waals surface area contributed by atoms with Crippen LogP contribution in [-0.2, 0) is 0 Å². The standard InChI is InChI=1S/C18H16FN3O/c1-12(17-9-10-21-18(20)22-17)23-14-7-8-15(16(19)11-14)13-5-3-2-4-6-13/h2-12H,1H3,(H2,20,21,22)/t12-/m1/s1. The number of nitrogen functional groups attached to an aromatic ring is 1. The van der Waals surface area contributed by atoms with Gasteiger partial charge in [-0.1, -0.05) is 30.3 Å². The van der Waals surface area contributed by atoms with Gasteiger partial charge in [0.2, 0.25) is 5.95 Å². The first-order chi connectivity index (χ1) is 11.1. The van der Waals surface area contributed by atoms with Gasteiger partial charge in [0.25, 0.3) is 0 Å². The van der Waals surface area contributed by atoms with Crippen LogP contribution in [0, 0.1) is 5.82 Å². The summed E-state index contributed by atoms with van der Waals surface area (Å²) in [6.45, 7) is 1.82. The summed E-state index contributed by atoms with van der Waals surface area (Å²) in [6, 6.07) is 15.9. The molecule has 3 aromatic rings. The van der Waals surface area contributed by atoms with Gasteiger partial charge >= 0.3 is 0 Å². The molecule has 0 bridgehead atoms. The molecule has 3 rings (SSSR count). The number of halogens is 1. The topological polar surface area (TPSA) is 61.0 Å². The Morgan fingerprint density at radius 1 is 1.09 bits per heavy atom. The molecule has 0 aliphatic heterocycles. The van der Waals surface area contributed by atoms with Gasteiger partial charge < -0.3 is 10.5 Å². The van der Waals surface area contributed by atoms with E-state index in [4.69, 9.17) is 10.5 Å². The van der Waals surface area contributed by atoms with Crippen LogP contribution in [-0.4, -0.2) is 9.97 Å². The van der Waals surface area contributed by atoms with E-state index >= 15 is 0 Å². The van der Waals surface area contributed by atoms with Crippen LogP contribution >= 0.6 is 0 Å². The molecular weight excluding hydrogens is 293 g/mol. The molecule has 1 aromatic heterocycles. The van der Waals surface area contributed by atoms with E-state index in [0.717, 1.165) is 5.56 Å². The molecule has 2 aromatic carbocycles. The molecule has 5 heteroatoms. The Labute approximate surface area is 133 Å². The molecule has 1 atom stereocenters. The Balaban J connectivity index is 1.81. The second-order valence-corrected chi connectivity index (χ2v) is 5.11. The Hall–Kier alpha value is -2.95. The van der Waals surface area contributed by atoms with E-state index in [1.165, 1.54) is 6.07 Å². The highest BCUT2D eigenvalue weighted by atomic mass is 19.1. The molecule has 0 aliphatic carbocycles. The zero-order valence-corrected chi connectivity index (χ0v) is 12.6. The second-order valence-electron chi connectivity index (χ2n) is 5.11. The molecule has 0 spiro atoms. The Morgan fingerprint density at radius 3 is 2.57 bits per heavy atom. The van der Waals surface area contributed by atoms with Gasteiger partial charge in [-0.3, -0.25) is 0 Å². The van der Waals surface area contributed by atoms with Crippen molar-refractivity contribution in [3.05, 3.63) is 72.3 Å². The molecule has 1 heterocycles. The lowest BCUT2D eigenvalue weighted by Gasteiger charge is -2.15. The average Bonchev–Trinajstić information content (AvgIpc) is 2.56. The number of hydrogen-bond donors (Lipinski definition) is 1. The summed E-state index contributed by atoms with van der Waals surface area (Å²) >= 11 is 0. The maximum Gasteiger partial charge on any atom is 0.220 e. The monoisotopic (exact) mass is 309 g/mol. The maximum atomic E-state index is 14.3. The molecule has 4 nitrogen and oxygen atoms in total. The number of ether oxygens (including phenoxy) is 1. The van der Waals surface area contributed by atoms with Crippen LogP contribution in [0.1, 0.15) is 18.7 Å². The highest BCUT2D eigenvalue weighted by Crippen LogP contribution is 2.28. The van der Waals surface area contributed by atoms with Gasteiger partial charge in [0, 0.05) is 17.8 Å². The van der Waals surface area contributed by atoms with Gasteiger partial charge in [-0.15, -0.1) is 0 Å². The summed E-state index contributed by atoms with van der Waals surface area (Å²) in [7, 11) is 0. The van der Waals surface area contributed by atoms with E-state index in [9.17, 15) is 4.39 Å². The minimum Gasteiger partial charge on any atom is -0.484 e. The van der Waals surface area contributed by atoms with Crippen molar-refractivity contribution >= 4 is 5.95 Å². The largest absolute Gasteiger partial charge is 0.484 e. The Bertz CT molecular complexity index is 808. The fourth-order valence-corrected chi connectivity index (χ4v) is 2.30. The van der Waals surface area contributed by atoms with Crippen LogP contribution in [0.2, 0.25) is 0 Å². The number of nitrogens with two attached hydrogens (primary N) is 1. The Kier molecular flexibility index (Phi) is 4.19. The third kappa shape index (κ3) is 3.45. The van der Waals surface area contributed by atoms with E-state index in [0.29, 0.717) is 17.0 Å². The molecule has 0 fully saturated rings. The lowest BCUT2D eigenvalue weighted by Crippen LogP contribution is -2.07. The number of nitrogens with zero attached hydrogens (tertiary/aromatic N) is 2. The first-order valence-electron chi connectivity index (χ1n) is 7.23. The van der Waals surface area contributed by atoms with Gasteiger partial charge in [-0.25, -0.2) is 14.4 Å². The molecule has 0 saturated carbocycles. The van der Waals surface area contributed by atoms with Crippen LogP contribution in [0.5, 0.6) is 5.75 Å². The number of benzene rings is 2. The average molecular weight is 309 g/mol. The minimum absolute atomic E-state index is 0.184. The van der Waals surface area contributed by atoms with E-state index < -0.39 is 0 Å². The van der Waals surface area contributed by atoms with Crippen LogP contribution in [0.3, 0.4) is 0 Å². The first kappa shape index (κ1) is 15.0. The smallest absolute Gasteiger partial charge is 0.220 e. The van der Waals surface area contributed by atoms with E-state index in [-0.39, 0.29) is 17.9 Å². The third-order valence-electron chi connectivity index (χ3n) is 3.45. The Morgan fingerprint density at radius 2 is 1.87 bits per heavy atom. The molecule has 0 unspecified atom stereocenters. The fraction of sp³-hybridized carbons (Fsp3) is 0.111. The predicted octanol–water partition coefficient (Wildman–Crippen LogP) is 4.00. The van der Waals surface area contributed by atoms with Crippen molar-refractivity contribution in [3.63, 3.8) is 0 Å². The van der Waals surface area contributed by atoms with Crippen molar-refractivity contribution < 1.29 is 9.13 Å². The van der Waals surface area contributed by atoms with Gasteiger partial charge in [-0.05, 0) is 30.7 Å². The van der Waals surface area contributed by atoms with Crippen LogP contribution in [0.25, 0.3) is 11.1 Å². The zero-order chi connectivity index (χ0) is 16.2. The van der Waals surface area contributed by atoms with Crippen molar-refractivity contribution in [3.8, 4) is 16.9 Å². The predicted molar refractivity (Wildman–Crippen MR) is 87.3 cm³/mol. The summed E-state index contributed by atoms with van der Waals surface area (Å²) in [5.41, 5.74) is 7.57. The maximum absolute atomic E-state index is 14.3. The molecule has 0 aliphatic rings. The molecule has 2 N–H and O–H groups in total. The van der Waals surface area contributed by atoms with Crippen molar-refractivity contribution in [2.24, 2.45) is 0 Å². The molecular formula is C18H16FN3O. The molecule has 0 saturated heterocycles. The normalized spacial score (nSPS) is 11.9. The summed E-state index contributed by atoms with van der Waals surface area (Å²) in [4.78, 5) is 7.94.